The summed E-state index contributed by atoms with van der Waals surface area (Å²) in [4.78, 5) is 15.0. The van der Waals surface area contributed by atoms with E-state index in [1.165, 1.54) is 12.1 Å². The van der Waals surface area contributed by atoms with E-state index in [-0.39, 0.29) is 11.7 Å². The maximum atomic E-state index is 13.2. The molecular weight excluding hydrogens is 231 g/mol. The summed E-state index contributed by atoms with van der Waals surface area (Å²) < 4.78 is 13.2. The van der Waals surface area contributed by atoms with Crippen LogP contribution in [0.2, 0.25) is 0 Å². The van der Waals surface area contributed by atoms with E-state index in [0.717, 1.165) is 29.3 Å². The zero-order valence-corrected chi connectivity index (χ0v) is 10.6. The molecule has 1 aromatic heterocycles. The van der Waals surface area contributed by atoms with E-state index in [1.54, 1.807) is 6.07 Å². The average Bonchev–Trinajstić information content (AvgIpc) is 2.67. The lowest BCUT2D eigenvalue weighted by atomic mass is 10.1. The van der Waals surface area contributed by atoms with Crippen molar-refractivity contribution in [1.82, 2.24) is 10.3 Å². The number of hydrogen-bond donors (Lipinski definition) is 2. The number of carbonyl (C=O) groups excluding carboxylic acids is 1. The molecule has 1 aromatic carbocycles. The van der Waals surface area contributed by atoms with Crippen LogP contribution in [0.5, 0.6) is 0 Å². The van der Waals surface area contributed by atoms with Crippen LogP contribution in [-0.4, -0.2) is 17.4 Å². The lowest BCUT2D eigenvalue weighted by Crippen LogP contribution is -2.25. The fraction of sp³-hybridized carbons (Fsp3) is 0.357. The van der Waals surface area contributed by atoms with Crippen LogP contribution in [0.25, 0.3) is 10.9 Å². The van der Waals surface area contributed by atoms with Crippen molar-refractivity contribution >= 4 is 16.8 Å². The maximum Gasteiger partial charge on any atom is 0.268 e. The molecule has 3 nitrogen and oxygen atoms in total. The molecular formula is C14H17FN2O. The molecule has 0 spiro atoms. The minimum absolute atomic E-state index is 0.127. The first kappa shape index (κ1) is 12.6. The monoisotopic (exact) mass is 248 g/mol. The van der Waals surface area contributed by atoms with Crippen molar-refractivity contribution in [3.8, 4) is 0 Å². The van der Waals surface area contributed by atoms with E-state index in [4.69, 9.17) is 0 Å². The number of benzene rings is 1. The molecule has 0 saturated carbocycles. The quantitative estimate of drug-likeness (QED) is 0.802. The third-order valence-corrected chi connectivity index (χ3v) is 3.06. The highest BCUT2D eigenvalue weighted by atomic mass is 19.1. The van der Waals surface area contributed by atoms with Crippen molar-refractivity contribution < 1.29 is 9.18 Å². The fourth-order valence-electron chi connectivity index (χ4n) is 1.99. The molecule has 0 atom stereocenters. The van der Waals surface area contributed by atoms with Crippen molar-refractivity contribution in [3.05, 3.63) is 35.3 Å². The Morgan fingerprint density at radius 3 is 2.94 bits per heavy atom. The molecule has 0 aliphatic carbocycles. The molecule has 0 bridgehead atoms. The number of rotatable bonds is 4. The van der Waals surface area contributed by atoms with Gasteiger partial charge in [-0.3, -0.25) is 4.79 Å². The summed E-state index contributed by atoms with van der Waals surface area (Å²) in [5, 5.41) is 3.61. The van der Waals surface area contributed by atoms with Gasteiger partial charge in [0, 0.05) is 17.4 Å². The van der Waals surface area contributed by atoms with Crippen LogP contribution in [0.3, 0.4) is 0 Å². The summed E-state index contributed by atoms with van der Waals surface area (Å²) in [5.74, 6) is -0.417. The van der Waals surface area contributed by atoms with E-state index in [1.807, 2.05) is 6.92 Å². The summed E-state index contributed by atoms with van der Waals surface area (Å²) in [6.45, 7) is 4.56. The van der Waals surface area contributed by atoms with Crippen LogP contribution in [0.15, 0.2) is 18.2 Å². The normalized spacial score (nSPS) is 10.8. The number of halogens is 1. The van der Waals surface area contributed by atoms with Gasteiger partial charge in [-0.1, -0.05) is 13.3 Å². The number of amides is 1. The highest BCUT2D eigenvalue weighted by Gasteiger charge is 2.14. The average molecular weight is 248 g/mol. The van der Waals surface area contributed by atoms with Gasteiger partial charge in [-0.2, -0.15) is 0 Å². The van der Waals surface area contributed by atoms with Crippen molar-refractivity contribution in [3.63, 3.8) is 0 Å². The van der Waals surface area contributed by atoms with Gasteiger partial charge in [-0.05, 0) is 37.1 Å². The van der Waals surface area contributed by atoms with Gasteiger partial charge < -0.3 is 10.3 Å². The third kappa shape index (κ3) is 2.37. The summed E-state index contributed by atoms with van der Waals surface area (Å²) in [6.07, 6.45) is 2.00. The topological polar surface area (TPSA) is 44.9 Å². The Labute approximate surface area is 105 Å². The van der Waals surface area contributed by atoms with Crippen LogP contribution < -0.4 is 5.32 Å². The summed E-state index contributed by atoms with van der Waals surface area (Å²) in [6, 6.07) is 4.49. The Morgan fingerprint density at radius 2 is 2.22 bits per heavy atom. The van der Waals surface area contributed by atoms with Gasteiger partial charge in [-0.15, -0.1) is 0 Å². The summed E-state index contributed by atoms with van der Waals surface area (Å²) in [7, 11) is 0. The molecule has 0 saturated heterocycles. The SMILES string of the molecule is CCCCNC(=O)c1[nH]c2ccc(F)cc2c1C. The molecule has 2 rings (SSSR count). The number of carbonyl (C=O) groups is 1. The van der Waals surface area contributed by atoms with Crippen LogP contribution in [0, 0.1) is 12.7 Å². The predicted molar refractivity (Wildman–Crippen MR) is 70.2 cm³/mol. The lowest BCUT2D eigenvalue weighted by molar-refractivity contribution is 0.0948. The molecule has 0 fully saturated rings. The zero-order chi connectivity index (χ0) is 13.1. The van der Waals surface area contributed by atoms with Crippen LogP contribution in [0.4, 0.5) is 4.39 Å². The Morgan fingerprint density at radius 1 is 1.44 bits per heavy atom. The number of aromatic amines is 1. The van der Waals surface area contributed by atoms with Crippen molar-refractivity contribution in [2.75, 3.05) is 6.54 Å². The first-order chi connectivity index (χ1) is 8.63. The lowest BCUT2D eigenvalue weighted by Gasteiger charge is -2.03. The smallest absolute Gasteiger partial charge is 0.268 e. The number of H-pyrrole nitrogens is 1. The highest BCUT2D eigenvalue weighted by Crippen LogP contribution is 2.22. The largest absolute Gasteiger partial charge is 0.351 e. The van der Waals surface area contributed by atoms with Crippen LogP contribution in [0.1, 0.15) is 35.8 Å². The molecule has 1 amide bonds. The first-order valence-corrected chi connectivity index (χ1v) is 6.19. The minimum atomic E-state index is -0.289. The van der Waals surface area contributed by atoms with Gasteiger partial charge >= 0.3 is 0 Å². The Balaban J connectivity index is 2.28. The molecule has 1 heterocycles. The molecule has 4 heteroatoms. The number of fused-ring (bicyclic) bond motifs is 1. The first-order valence-electron chi connectivity index (χ1n) is 6.19. The van der Waals surface area contributed by atoms with Gasteiger partial charge in [0.2, 0.25) is 0 Å². The number of nitrogens with one attached hydrogen (secondary N) is 2. The molecule has 96 valence electrons. The third-order valence-electron chi connectivity index (χ3n) is 3.06. The Kier molecular flexibility index (Phi) is 3.65. The van der Waals surface area contributed by atoms with Crippen molar-refractivity contribution in [2.24, 2.45) is 0 Å². The van der Waals surface area contributed by atoms with Crippen molar-refractivity contribution in [2.45, 2.75) is 26.7 Å². The van der Waals surface area contributed by atoms with Crippen LogP contribution in [-0.2, 0) is 0 Å². The predicted octanol–water partition coefficient (Wildman–Crippen LogP) is 3.15. The number of unbranched alkanes of at least 4 members (excludes halogenated alkanes) is 1. The molecule has 2 aromatic rings. The number of hydrogen-bond acceptors (Lipinski definition) is 1. The van der Waals surface area contributed by atoms with E-state index in [9.17, 15) is 9.18 Å². The molecule has 0 aliphatic heterocycles. The number of aromatic nitrogens is 1. The zero-order valence-electron chi connectivity index (χ0n) is 10.6. The Bertz CT molecular complexity index is 574. The molecule has 2 N–H and O–H groups in total. The molecule has 18 heavy (non-hydrogen) atoms. The van der Waals surface area contributed by atoms with Gasteiger partial charge in [0.1, 0.15) is 11.5 Å². The second-order valence-corrected chi connectivity index (χ2v) is 4.42. The second-order valence-electron chi connectivity index (χ2n) is 4.42. The fourth-order valence-corrected chi connectivity index (χ4v) is 1.99. The summed E-state index contributed by atoms with van der Waals surface area (Å²) >= 11 is 0. The van der Waals surface area contributed by atoms with E-state index >= 15 is 0 Å². The van der Waals surface area contributed by atoms with Gasteiger partial charge in [-0.25, -0.2) is 4.39 Å². The van der Waals surface area contributed by atoms with Crippen molar-refractivity contribution in [1.29, 1.82) is 0 Å². The maximum absolute atomic E-state index is 13.2. The standard InChI is InChI=1S/C14H17FN2O/c1-3-4-7-16-14(18)13-9(2)11-8-10(15)5-6-12(11)17-13/h5-6,8,17H,3-4,7H2,1-2H3,(H,16,18). The molecule has 0 aliphatic rings. The van der Waals surface area contributed by atoms with Crippen LogP contribution >= 0.6 is 0 Å². The van der Waals surface area contributed by atoms with E-state index in [2.05, 4.69) is 17.2 Å². The van der Waals surface area contributed by atoms with Gasteiger partial charge in [0.25, 0.3) is 5.91 Å². The molecule has 0 radical (unpaired) electrons. The minimum Gasteiger partial charge on any atom is -0.351 e. The highest BCUT2D eigenvalue weighted by molar-refractivity contribution is 6.00. The summed E-state index contributed by atoms with van der Waals surface area (Å²) in [5.41, 5.74) is 2.10. The molecule has 0 unspecified atom stereocenters. The van der Waals surface area contributed by atoms with E-state index < -0.39 is 0 Å². The second kappa shape index (κ2) is 5.21. The van der Waals surface area contributed by atoms with Gasteiger partial charge in [0.15, 0.2) is 0 Å². The Hall–Kier alpha value is -1.84. The van der Waals surface area contributed by atoms with E-state index in [0.29, 0.717) is 12.2 Å². The number of aryl methyl sites for hydroxylation is 1. The van der Waals surface area contributed by atoms with Gasteiger partial charge in [0.05, 0.1) is 0 Å².